The fourth-order valence-corrected chi connectivity index (χ4v) is 2.55. The van der Waals surface area contributed by atoms with Crippen LogP contribution in [0.3, 0.4) is 0 Å². The first-order valence-electron chi connectivity index (χ1n) is 7.96. The minimum absolute atomic E-state index is 0.325. The molecule has 132 valence electrons. The van der Waals surface area contributed by atoms with Gasteiger partial charge in [0.05, 0.1) is 5.71 Å². The molecule has 0 saturated carbocycles. The van der Waals surface area contributed by atoms with Gasteiger partial charge in [0.15, 0.2) is 6.10 Å². The molecule has 0 aliphatic carbocycles. The van der Waals surface area contributed by atoms with Gasteiger partial charge in [0, 0.05) is 10.0 Å². The van der Waals surface area contributed by atoms with E-state index >= 15 is 0 Å². The fourth-order valence-electron chi connectivity index (χ4n) is 2.19. The Morgan fingerprint density at radius 3 is 2.40 bits per heavy atom. The molecule has 0 aliphatic rings. The van der Waals surface area contributed by atoms with Crippen molar-refractivity contribution in [2.24, 2.45) is 5.10 Å². The van der Waals surface area contributed by atoms with E-state index in [0.29, 0.717) is 22.2 Å². The van der Waals surface area contributed by atoms with Crippen LogP contribution in [0.1, 0.15) is 31.4 Å². The lowest BCUT2D eigenvalue weighted by molar-refractivity contribution is -0.127. The number of hydrogen-bond donors (Lipinski definition) is 1. The van der Waals surface area contributed by atoms with Crippen molar-refractivity contribution in [2.75, 3.05) is 0 Å². The molecule has 25 heavy (non-hydrogen) atoms. The van der Waals surface area contributed by atoms with Gasteiger partial charge in [-0.3, -0.25) is 4.79 Å². The Bertz CT molecular complexity index is 773. The quantitative estimate of drug-likeness (QED) is 0.567. The van der Waals surface area contributed by atoms with Crippen LogP contribution in [0.15, 0.2) is 47.6 Å². The number of ether oxygens (including phenoxy) is 1. The van der Waals surface area contributed by atoms with Crippen molar-refractivity contribution in [3.8, 4) is 5.75 Å². The number of halogens is 2. The zero-order chi connectivity index (χ0) is 18.4. The SMILES string of the molecule is CCC(=NNC(=O)C(C)Oc1ccc(Cl)cc1C)c1ccc(Cl)cc1. The van der Waals surface area contributed by atoms with E-state index in [1.807, 2.05) is 26.0 Å². The molecule has 1 unspecified atom stereocenters. The van der Waals surface area contributed by atoms with E-state index < -0.39 is 6.10 Å². The predicted molar refractivity (Wildman–Crippen MR) is 103 cm³/mol. The molecule has 2 aromatic rings. The molecule has 0 aromatic heterocycles. The number of carbonyl (C=O) groups excluding carboxylic acids is 1. The molecule has 0 radical (unpaired) electrons. The molecule has 0 spiro atoms. The third-order valence-electron chi connectivity index (χ3n) is 3.62. The summed E-state index contributed by atoms with van der Waals surface area (Å²) in [4.78, 5) is 12.2. The number of aryl methyl sites for hydroxylation is 1. The molecule has 2 aromatic carbocycles. The maximum atomic E-state index is 12.2. The van der Waals surface area contributed by atoms with Crippen molar-refractivity contribution in [1.29, 1.82) is 0 Å². The zero-order valence-corrected chi connectivity index (χ0v) is 15.9. The molecular weight excluding hydrogens is 359 g/mol. The lowest BCUT2D eigenvalue weighted by Gasteiger charge is -2.15. The Kier molecular flexibility index (Phi) is 6.85. The van der Waals surface area contributed by atoms with Gasteiger partial charge >= 0.3 is 0 Å². The van der Waals surface area contributed by atoms with E-state index in [1.54, 1.807) is 37.3 Å². The lowest BCUT2D eigenvalue weighted by atomic mass is 10.1. The second-order valence-electron chi connectivity index (χ2n) is 5.56. The minimum Gasteiger partial charge on any atom is -0.481 e. The van der Waals surface area contributed by atoms with E-state index in [4.69, 9.17) is 27.9 Å². The summed E-state index contributed by atoms with van der Waals surface area (Å²) in [7, 11) is 0. The normalized spacial score (nSPS) is 12.6. The van der Waals surface area contributed by atoms with Crippen molar-refractivity contribution < 1.29 is 9.53 Å². The lowest BCUT2D eigenvalue weighted by Crippen LogP contribution is -2.34. The standard InChI is InChI=1S/C19H20Cl2N2O2/c1-4-17(14-5-7-15(20)8-6-14)22-23-19(24)13(3)25-18-10-9-16(21)11-12(18)2/h5-11,13H,4H2,1-3H3,(H,23,24). The number of nitrogens with zero attached hydrogens (tertiary/aromatic N) is 1. The van der Waals surface area contributed by atoms with Gasteiger partial charge in [-0.1, -0.05) is 42.3 Å². The number of hydrazone groups is 1. The summed E-state index contributed by atoms with van der Waals surface area (Å²) in [5.74, 6) is 0.290. The number of amides is 1. The first-order valence-corrected chi connectivity index (χ1v) is 8.71. The molecule has 1 atom stereocenters. The van der Waals surface area contributed by atoms with Gasteiger partial charge in [0.2, 0.25) is 0 Å². The van der Waals surface area contributed by atoms with E-state index in [-0.39, 0.29) is 5.91 Å². The van der Waals surface area contributed by atoms with Crippen LogP contribution in [0.4, 0.5) is 0 Å². The van der Waals surface area contributed by atoms with Crippen molar-refractivity contribution in [3.05, 3.63) is 63.6 Å². The van der Waals surface area contributed by atoms with E-state index in [1.165, 1.54) is 0 Å². The second kappa shape index (κ2) is 8.88. The summed E-state index contributed by atoms with van der Waals surface area (Å²) in [6.07, 6.45) is -0.0140. The van der Waals surface area contributed by atoms with Gasteiger partial charge in [-0.05, 0) is 61.7 Å². The van der Waals surface area contributed by atoms with E-state index in [0.717, 1.165) is 16.8 Å². The van der Waals surface area contributed by atoms with Gasteiger partial charge in [0.1, 0.15) is 5.75 Å². The molecule has 0 aliphatic heterocycles. The van der Waals surface area contributed by atoms with Gasteiger partial charge < -0.3 is 4.74 Å². The monoisotopic (exact) mass is 378 g/mol. The van der Waals surface area contributed by atoms with Crippen LogP contribution in [0.2, 0.25) is 10.0 Å². The number of hydrogen-bond acceptors (Lipinski definition) is 3. The summed E-state index contributed by atoms with van der Waals surface area (Å²) in [6, 6.07) is 12.6. The maximum Gasteiger partial charge on any atom is 0.280 e. The molecule has 0 heterocycles. The summed E-state index contributed by atoms with van der Waals surface area (Å²) in [5.41, 5.74) is 5.10. The average Bonchev–Trinajstić information content (AvgIpc) is 2.59. The number of carbonyl (C=O) groups is 1. The van der Waals surface area contributed by atoms with Crippen LogP contribution in [-0.2, 0) is 4.79 Å². The third kappa shape index (κ3) is 5.48. The maximum absolute atomic E-state index is 12.2. The second-order valence-corrected chi connectivity index (χ2v) is 6.44. The Labute approximate surface area is 157 Å². The smallest absolute Gasteiger partial charge is 0.280 e. The van der Waals surface area contributed by atoms with Gasteiger partial charge in [0.25, 0.3) is 5.91 Å². The number of rotatable bonds is 6. The Morgan fingerprint density at radius 1 is 1.16 bits per heavy atom. The van der Waals surface area contributed by atoms with Gasteiger partial charge in [-0.15, -0.1) is 0 Å². The van der Waals surface area contributed by atoms with E-state index in [9.17, 15) is 4.79 Å². The Morgan fingerprint density at radius 2 is 1.80 bits per heavy atom. The van der Waals surface area contributed by atoms with Crippen LogP contribution in [-0.4, -0.2) is 17.7 Å². The minimum atomic E-state index is -0.688. The summed E-state index contributed by atoms with van der Waals surface area (Å²) < 4.78 is 5.69. The highest BCUT2D eigenvalue weighted by Crippen LogP contribution is 2.22. The first kappa shape index (κ1) is 19.3. The zero-order valence-electron chi connectivity index (χ0n) is 14.3. The van der Waals surface area contributed by atoms with Gasteiger partial charge in [-0.2, -0.15) is 5.10 Å². The van der Waals surface area contributed by atoms with Crippen LogP contribution >= 0.6 is 23.2 Å². The first-order chi connectivity index (χ1) is 11.9. The van der Waals surface area contributed by atoms with Gasteiger partial charge in [-0.25, -0.2) is 5.43 Å². The predicted octanol–water partition coefficient (Wildman–Crippen LogP) is 5.00. The molecule has 0 bridgehead atoms. The summed E-state index contributed by atoms with van der Waals surface area (Å²) in [6.45, 7) is 5.52. The largest absolute Gasteiger partial charge is 0.481 e. The van der Waals surface area contributed by atoms with Crippen LogP contribution in [0.25, 0.3) is 0 Å². The number of nitrogens with one attached hydrogen (secondary N) is 1. The molecule has 4 nitrogen and oxygen atoms in total. The topological polar surface area (TPSA) is 50.7 Å². The van der Waals surface area contributed by atoms with Crippen LogP contribution < -0.4 is 10.2 Å². The highest BCUT2D eigenvalue weighted by Gasteiger charge is 2.15. The molecule has 6 heteroatoms. The highest BCUT2D eigenvalue weighted by molar-refractivity contribution is 6.31. The molecule has 2 rings (SSSR count). The molecule has 0 saturated heterocycles. The highest BCUT2D eigenvalue weighted by atomic mass is 35.5. The Hall–Kier alpha value is -2.04. The molecule has 0 fully saturated rings. The summed E-state index contributed by atoms with van der Waals surface area (Å²) >= 11 is 11.8. The van der Waals surface area contributed by atoms with Crippen LogP contribution in [0, 0.1) is 6.92 Å². The summed E-state index contributed by atoms with van der Waals surface area (Å²) in [5, 5.41) is 5.50. The Balaban J connectivity index is 2.03. The van der Waals surface area contributed by atoms with Crippen molar-refractivity contribution in [1.82, 2.24) is 5.43 Å². The third-order valence-corrected chi connectivity index (χ3v) is 4.11. The number of benzene rings is 2. The average molecular weight is 379 g/mol. The molecular formula is C19H20Cl2N2O2. The van der Waals surface area contributed by atoms with Crippen molar-refractivity contribution in [2.45, 2.75) is 33.3 Å². The van der Waals surface area contributed by atoms with Crippen molar-refractivity contribution in [3.63, 3.8) is 0 Å². The van der Waals surface area contributed by atoms with Crippen molar-refractivity contribution >= 4 is 34.8 Å². The molecule has 1 amide bonds. The molecule has 1 N–H and O–H groups in total. The fraction of sp³-hybridized carbons (Fsp3) is 0.263. The van der Waals surface area contributed by atoms with E-state index in [2.05, 4.69) is 10.5 Å². The van der Waals surface area contributed by atoms with Crippen LogP contribution in [0.5, 0.6) is 5.75 Å².